The molecule has 8 heteroatoms. The molecule has 0 saturated carbocycles. The topological polar surface area (TPSA) is 89.8 Å². The molecule has 0 spiro atoms. The molecule has 5 nitrogen and oxygen atoms in total. The molecular weight excluding hydrogens is 235 g/mol. The van der Waals surface area contributed by atoms with Crippen molar-refractivity contribution in [2.24, 2.45) is 0 Å². The fourth-order valence-corrected chi connectivity index (χ4v) is 2.00. The first-order valence-corrected chi connectivity index (χ1v) is 5.08. The Morgan fingerprint density at radius 2 is 2.00 bits per heavy atom. The summed E-state index contributed by atoms with van der Waals surface area (Å²) < 4.78 is 37.2. The lowest BCUT2D eigenvalue weighted by Gasteiger charge is -2.27. The smallest absolute Gasteiger partial charge is 0.383 e. The molecule has 17 heavy (non-hydrogen) atoms. The summed E-state index contributed by atoms with van der Waals surface area (Å²) in [7, 11) is 0. The summed E-state index contributed by atoms with van der Waals surface area (Å²) in [4.78, 5) is 7.64. The maximum atomic E-state index is 12.4. The second-order valence-electron chi connectivity index (χ2n) is 3.90. The Hall–Kier alpha value is -1.57. The number of hydrogen-bond donors (Lipinski definition) is 3. The van der Waals surface area contributed by atoms with Crippen LogP contribution in [0.2, 0.25) is 0 Å². The van der Waals surface area contributed by atoms with E-state index >= 15 is 0 Å². The quantitative estimate of drug-likeness (QED) is 0.682. The zero-order valence-corrected chi connectivity index (χ0v) is 8.88. The van der Waals surface area contributed by atoms with E-state index in [1.807, 2.05) is 0 Å². The summed E-state index contributed by atoms with van der Waals surface area (Å²) in [5.74, 6) is 0.0165. The predicted molar refractivity (Wildman–Crippen MR) is 56.0 cm³/mol. The standard InChI is InChI=1S/C9H12F3N5/c10-9(11,12)3-5-6-4(1-2-15-5)16-8(14)17-7(6)13/h5,15H,1-3H2,(H4,13,14,16,17). The molecular formula is C9H12F3N5. The molecule has 1 aliphatic rings. The lowest BCUT2D eigenvalue weighted by Crippen LogP contribution is -2.35. The van der Waals surface area contributed by atoms with E-state index in [9.17, 15) is 13.2 Å². The van der Waals surface area contributed by atoms with Crippen LogP contribution in [0.5, 0.6) is 0 Å². The van der Waals surface area contributed by atoms with E-state index in [0.717, 1.165) is 0 Å². The second-order valence-corrected chi connectivity index (χ2v) is 3.90. The van der Waals surface area contributed by atoms with Crippen LogP contribution in [0.4, 0.5) is 24.9 Å². The first-order valence-electron chi connectivity index (χ1n) is 5.08. The molecule has 1 aromatic rings. The minimum atomic E-state index is -4.26. The number of halogens is 3. The average Bonchev–Trinajstić information content (AvgIpc) is 2.13. The fraction of sp³-hybridized carbons (Fsp3) is 0.556. The van der Waals surface area contributed by atoms with Crippen LogP contribution < -0.4 is 16.8 Å². The van der Waals surface area contributed by atoms with Gasteiger partial charge in [0.25, 0.3) is 0 Å². The van der Waals surface area contributed by atoms with Crippen molar-refractivity contribution < 1.29 is 13.2 Å². The van der Waals surface area contributed by atoms with Gasteiger partial charge in [-0.25, -0.2) is 4.98 Å². The van der Waals surface area contributed by atoms with E-state index in [2.05, 4.69) is 15.3 Å². The molecule has 0 saturated heterocycles. The SMILES string of the molecule is Nc1nc(N)c2c(n1)CCNC2CC(F)(F)F. The van der Waals surface area contributed by atoms with Crippen LogP contribution in [0, 0.1) is 0 Å². The minimum Gasteiger partial charge on any atom is -0.383 e. The highest BCUT2D eigenvalue weighted by Crippen LogP contribution is 2.35. The van der Waals surface area contributed by atoms with Crippen molar-refractivity contribution in [2.45, 2.75) is 25.1 Å². The molecule has 1 unspecified atom stereocenters. The molecule has 0 aliphatic carbocycles. The van der Waals surface area contributed by atoms with Crippen LogP contribution >= 0.6 is 0 Å². The summed E-state index contributed by atoms with van der Waals surface area (Å²) >= 11 is 0. The van der Waals surface area contributed by atoms with Crippen molar-refractivity contribution in [3.05, 3.63) is 11.3 Å². The van der Waals surface area contributed by atoms with Gasteiger partial charge in [0.15, 0.2) is 0 Å². The molecule has 0 radical (unpaired) electrons. The van der Waals surface area contributed by atoms with Gasteiger partial charge in [-0.2, -0.15) is 18.2 Å². The molecule has 1 atom stereocenters. The van der Waals surface area contributed by atoms with Crippen LogP contribution in [-0.4, -0.2) is 22.7 Å². The van der Waals surface area contributed by atoms with Crippen LogP contribution in [-0.2, 0) is 6.42 Å². The van der Waals surface area contributed by atoms with Crippen molar-refractivity contribution in [2.75, 3.05) is 18.0 Å². The zero-order chi connectivity index (χ0) is 12.6. The van der Waals surface area contributed by atoms with Crippen molar-refractivity contribution in [3.8, 4) is 0 Å². The van der Waals surface area contributed by atoms with Gasteiger partial charge in [-0.05, 0) is 0 Å². The molecule has 0 amide bonds. The number of nitrogens with two attached hydrogens (primary N) is 2. The van der Waals surface area contributed by atoms with Gasteiger partial charge in [0.05, 0.1) is 12.1 Å². The monoisotopic (exact) mass is 247 g/mol. The summed E-state index contributed by atoms with van der Waals surface area (Å²) in [6.45, 7) is 0.420. The molecule has 1 aromatic heterocycles. The number of nitrogens with zero attached hydrogens (tertiary/aromatic N) is 2. The predicted octanol–water partition coefficient (Wildman–Crippen LogP) is 0.780. The number of nitrogens with one attached hydrogen (secondary N) is 1. The van der Waals surface area contributed by atoms with Gasteiger partial charge in [-0.15, -0.1) is 0 Å². The Bertz CT molecular complexity index is 431. The number of alkyl halides is 3. The second kappa shape index (κ2) is 4.02. The summed E-state index contributed by atoms with van der Waals surface area (Å²) in [5.41, 5.74) is 11.8. The molecule has 0 bridgehead atoms. The summed E-state index contributed by atoms with van der Waals surface area (Å²) in [5, 5.41) is 2.77. The first-order chi connectivity index (χ1) is 7.87. The van der Waals surface area contributed by atoms with E-state index in [0.29, 0.717) is 24.2 Å². The maximum Gasteiger partial charge on any atom is 0.390 e. The van der Waals surface area contributed by atoms with Crippen LogP contribution in [0.15, 0.2) is 0 Å². The van der Waals surface area contributed by atoms with Gasteiger partial charge < -0.3 is 16.8 Å². The third kappa shape index (κ3) is 2.57. The Morgan fingerprint density at radius 3 is 2.65 bits per heavy atom. The van der Waals surface area contributed by atoms with Crippen LogP contribution in [0.3, 0.4) is 0 Å². The Morgan fingerprint density at radius 1 is 1.29 bits per heavy atom. The third-order valence-corrected chi connectivity index (χ3v) is 2.61. The normalized spacial score (nSPS) is 20.1. The van der Waals surface area contributed by atoms with Crippen LogP contribution in [0.25, 0.3) is 0 Å². The van der Waals surface area contributed by atoms with Gasteiger partial charge in [-0.3, -0.25) is 0 Å². The molecule has 94 valence electrons. The summed E-state index contributed by atoms with van der Waals surface area (Å²) in [6, 6.07) is -0.889. The highest BCUT2D eigenvalue weighted by atomic mass is 19.4. The molecule has 2 rings (SSSR count). The zero-order valence-electron chi connectivity index (χ0n) is 8.88. The molecule has 0 aromatic carbocycles. The van der Waals surface area contributed by atoms with Gasteiger partial charge >= 0.3 is 6.18 Å². The molecule has 2 heterocycles. The maximum absolute atomic E-state index is 12.4. The number of nitrogen functional groups attached to an aromatic ring is 2. The molecule has 0 fully saturated rings. The Balaban J connectivity index is 2.37. The highest BCUT2D eigenvalue weighted by molar-refractivity contribution is 5.49. The fourth-order valence-electron chi connectivity index (χ4n) is 2.00. The van der Waals surface area contributed by atoms with Crippen LogP contribution in [0.1, 0.15) is 23.7 Å². The first kappa shape index (κ1) is 11.9. The van der Waals surface area contributed by atoms with Gasteiger partial charge in [0.2, 0.25) is 5.95 Å². The van der Waals surface area contributed by atoms with E-state index in [1.54, 1.807) is 0 Å². The van der Waals surface area contributed by atoms with E-state index in [1.165, 1.54) is 0 Å². The number of anilines is 2. The number of aromatic nitrogens is 2. The van der Waals surface area contributed by atoms with Gasteiger partial charge in [0, 0.05) is 24.6 Å². The van der Waals surface area contributed by atoms with Crippen molar-refractivity contribution in [1.82, 2.24) is 15.3 Å². The average molecular weight is 247 g/mol. The molecule has 1 aliphatic heterocycles. The lowest BCUT2D eigenvalue weighted by atomic mass is 9.96. The molecule has 5 N–H and O–H groups in total. The Kier molecular flexibility index (Phi) is 2.82. The van der Waals surface area contributed by atoms with E-state index in [-0.39, 0.29) is 11.8 Å². The number of rotatable bonds is 1. The Labute approximate surface area is 95.4 Å². The van der Waals surface area contributed by atoms with Crippen molar-refractivity contribution >= 4 is 11.8 Å². The lowest BCUT2D eigenvalue weighted by molar-refractivity contribution is -0.140. The van der Waals surface area contributed by atoms with Gasteiger partial charge in [0.1, 0.15) is 5.82 Å². The van der Waals surface area contributed by atoms with E-state index in [4.69, 9.17) is 11.5 Å². The number of fused-ring (bicyclic) bond motifs is 1. The van der Waals surface area contributed by atoms with Gasteiger partial charge in [-0.1, -0.05) is 0 Å². The largest absolute Gasteiger partial charge is 0.390 e. The summed E-state index contributed by atoms with van der Waals surface area (Å²) in [6.07, 6.45) is -4.75. The number of hydrogen-bond acceptors (Lipinski definition) is 5. The van der Waals surface area contributed by atoms with Crippen molar-refractivity contribution in [1.29, 1.82) is 0 Å². The third-order valence-electron chi connectivity index (χ3n) is 2.61. The van der Waals surface area contributed by atoms with E-state index < -0.39 is 18.6 Å². The minimum absolute atomic E-state index is 0.00564. The highest BCUT2D eigenvalue weighted by Gasteiger charge is 2.36. The van der Waals surface area contributed by atoms with Crippen molar-refractivity contribution in [3.63, 3.8) is 0 Å².